The summed E-state index contributed by atoms with van der Waals surface area (Å²) in [7, 11) is 0. The highest BCUT2D eigenvalue weighted by atomic mass is 16.3. The van der Waals surface area contributed by atoms with Crippen molar-refractivity contribution in [2.45, 2.75) is 39.7 Å². The minimum absolute atomic E-state index is 0.861. The highest BCUT2D eigenvalue weighted by molar-refractivity contribution is 5.92. The summed E-state index contributed by atoms with van der Waals surface area (Å²) >= 11 is 0. The molecular weight excluding hydrogens is 256 g/mol. The van der Waals surface area contributed by atoms with Gasteiger partial charge in [-0.1, -0.05) is 48.0 Å². The lowest BCUT2D eigenvalue weighted by molar-refractivity contribution is 0.0799. The highest BCUT2D eigenvalue weighted by Gasteiger charge is 2.26. The molecular formula is C20H22O. The summed E-state index contributed by atoms with van der Waals surface area (Å²) in [6, 6.07) is 12.6. The fourth-order valence-electron chi connectivity index (χ4n) is 3.29. The average molecular weight is 278 g/mol. The summed E-state index contributed by atoms with van der Waals surface area (Å²) in [6.45, 7) is 8.09. The van der Waals surface area contributed by atoms with Crippen molar-refractivity contribution in [2.24, 2.45) is 0 Å². The third-order valence-electron chi connectivity index (χ3n) is 4.52. The maximum atomic E-state index is 10.7. The number of allylic oxidation sites excluding steroid dienone is 4. The molecule has 0 saturated heterocycles. The van der Waals surface area contributed by atoms with E-state index in [9.17, 15) is 5.11 Å². The zero-order valence-corrected chi connectivity index (χ0v) is 13.2. The minimum Gasteiger partial charge on any atom is -0.386 e. The number of hydrogen-bond acceptors (Lipinski definition) is 1. The van der Waals surface area contributed by atoms with Crippen LogP contribution < -0.4 is 0 Å². The van der Waals surface area contributed by atoms with Gasteiger partial charge in [0, 0.05) is 0 Å². The molecule has 0 aromatic heterocycles. The van der Waals surface area contributed by atoms with Gasteiger partial charge in [-0.05, 0) is 67.2 Å². The third kappa shape index (κ3) is 2.32. The standard InChI is InChI=1S/C20H22O/c1-13-9-11-16(14(13)2)18-12-10-15-7-5-6-8-17(15)19(18)20(3,4)21/h5-10,12,21H,11H2,1-4H3. The van der Waals surface area contributed by atoms with E-state index < -0.39 is 5.60 Å². The molecule has 3 rings (SSSR count). The normalized spacial score (nSPS) is 15.8. The number of fused-ring (bicyclic) bond motifs is 1. The van der Waals surface area contributed by atoms with Gasteiger partial charge in [0.2, 0.25) is 0 Å². The van der Waals surface area contributed by atoms with E-state index >= 15 is 0 Å². The Morgan fingerprint density at radius 3 is 2.33 bits per heavy atom. The van der Waals surface area contributed by atoms with Crippen LogP contribution in [0.4, 0.5) is 0 Å². The molecule has 1 aliphatic rings. The molecule has 0 amide bonds. The van der Waals surface area contributed by atoms with E-state index in [2.05, 4.69) is 44.2 Å². The fraction of sp³-hybridized carbons (Fsp3) is 0.300. The van der Waals surface area contributed by atoms with Crippen LogP contribution in [0.2, 0.25) is 0 Å². The SMILES string of the molecule is CC1=CCC(c2ccc3ccccc3c2C(C)(C)O)=C1C. The van der Waals surface area contributed by atoms with Gasteiger partial charge in [-0.25, -0.2) is 0 Å². The first-order chi connectivity index (χ1) is 9.89. The van der Waals surface area contributed by atoms with E-state index in [-0.39, 0.29) is 0 Å². The summed E-state index contributed by atoms with van der Waals surface area (Å²) in [5.41, 5.74) is 5.40. The Balaban J connectivity index is 2.35. The molecule has 0 fully saturated rings. The second-order valence-corrected chi connectivity index (χ2v) is 6.46. The van der Waals surface area contributed by atoms with Crippen LogP contribution in [0.15, 0.2) is 53.6 Å². The smallest absolute Gasteiger partial charge is 0.0852 e. The molecule has 0 aliphatic heterocycles. The maximum Gasteiger partial charge on any atom is 0.0852 e. The third-order valence-corrected chi connectivity index (χ3v) is 4.52. The largest absolute Gasteiger partial charge is 0.386 e. The van der Waals surface area contributed by atoms with Gasteiger partial charge in [-0.2, -0.15) is 0 Å². The van der Waals surface area contributed by atoms with Crippen LogP contribution in [0.5, 0.6) is 0 Å². The van der Waals surface area contributed by atoms with E-state index in [1.54, 1.807) is 0 Å². The highest BCUT2D eigenvalue weighted by Crippen LogP contribution is 2.40. The molecule has 108 valence electrons. The zero-order chi connectivity index (χ0) is 15.2. The molecule has 1 heteroatoms. The van der Waals surface area contributed by atoms with E-state index in [0.717, 1.165) is 17.4 Å². The fourth-order valence-corrected chi connectivity index (χ4v) is 3.29. The summed E-state index contributed by atoms with van der Waals surface area (Å²) in [5, 5.41) is 13.1. The molecule has 0 unspecified atom stereocenters. The van der Waals surface area contributed by atoms with Crippen molar-refractivity contribution in [1.82, 2.24) is 0 Å². The van der Waals surface area contributed by atoms with E-state index in [0.29, 0.717) is 0 Å². The summed E-state index contributed by atoms with van der Waals surface area (Å²) in [4.78, 5) is 0. The second kappa shape index (κ2) is 4.85. The van der Waals surface area contributed by atoms with Gasteiger partial charge in [-0.15, -0.1) is 0 Å². The van der Waals surface area contributed by atoms with E-state index in [1.165, 1.54) is 27.7 Å². The number of aliphatic hydroxyl groups is 1. The molecule has 0 spiro atoms. The van der Waals surface area contributed by atoms with Gasteiger partial charge in [0.15, 0.2) is 0 Å². The minimum atomic E-state index is -0.861. The molecule has 2 aromatic carbocycles. The van der Waals surface area contributed by atoms with Crippen molar-refractivity contribution in [3.63, 3.8) is 0 Å². The topological polar surface area (TPSA) is 20.2 Å². The van der Waals surface area contributed by atoms with Crippen LogP contribution in [0.3, 0.4) is 0 Å². The monoisotopic (exact) mass is 278 g/mol. The van der Waals surface area contributed by atoms with Gasteiger partial charge in [0.1, 0.15) is 0 Å². The van der Waals surface area contributed by atoms with Crippen molar-refractivity contribution in [1.29, 1.82) is 0 Å². The van der Waals surface area contributed by atoms with Gasteiger partial charge in [-0.3, -0.25) is 0 Å². The quantitative estimate of drug-likeness (QED) is 0.801. The van der Waals surface area contributed by atoms with Crippen molar-refractivity contribution in [3.05, 3.63) is 64.7 Å². The summed E-state index contributed by atoms with van der Waals surface area (Å²) in [6.07, 6.45) is 3.23. The number of benzene rings is 2. The predicted molar refractivity (Wildman–Crippen MR) is 90.2 cm³/mol. The van der Waals surface area contributed by atoms with Crippen molar-refractivity contribution >= 4 is 16.3 Å². The van der Waals surface area contributed by atoms with E-state index in [1.807, 2.05) is 26.0 Å². The van der Waals surface area contributed by atoms with Gasteiger partial charge in [0.05, 0.1) is 5.60 Å². The lowest BCUT2D eigenvalue weighted by Crippen LogP contribution is -2.18. The van der Waals surface area contributed by atoms with Crippen LogP contribution in [0.25, 0.3) is 16.3 Å². The molecule has 1 nitrogen and oxygen atoms in total. The molecule has 0 radical (unpaired) electrons. The molecule has 0 saturated carbocycles. The molecule has 0 heterocycles. The van der Waals surface area contributed by atoms with Crippen LogP contribution in [0, 0.1) is 0 Å². The van der Waals surface area contributed by atoms with Crippen LogP contribution in [-0.2, 0) is 5.60 Å². The first-order valence-electron chi connectivity index (χ1n) is 7.51. The van der Waals surface area contributed by atoms with Crippen LogP contribution in [0.1, 0.15) is 45.2 Å². The molecule has 1 N–H and O–H groups in total. The molecule has 21 heavy (non-hydrogen) atoms. The Hall–Kier alpha value is -1.86. The Labute approximate surface area is 126 Å². The van der Waals surface area contributed by atoms with Gasteiger partial charge >= 0.3 is 0 Å². The first-order valence-corrected chi connectivity index (χ1v) is 7.51. The molecule has 2 aromatic rings. The Bertz CT molecular complexity index is 770. The van der Waals surface area contributed by atoms with Crippen molar-refractivity contribution in [2.75, 3.05) is 0 Å². The zero-order valence-electron chi connectivity index (χ0n) is 13.2. The Morgan fingerprint density at radius 1 is 1.00 bits per heavy atom. The summed E-state index contributed by atoms with van der Waals surface area (Å²) < 4.78 is 0. The second-order valence-electron chi connectivity index (χ2n) is 6.46. The van der Waals surface area contributed by atoms with Gasteiger partial charge < -0.3 is 5.11 Å². The molecule has 1 aliphatic carbocycles. The lowest BCUT2D eigenvalue weighted by Gasteiger charge is -2.25. The van der Waals surface area contributed by atoms with Crippen LogP contribution >= 0.6 is 0 Å². The first kappa shape index (κ1) is 14.1. The molecule has 0 atom stereocenters. The molecule has 0 bridgehead atoms. The lowest BCUT2D eigenvalue weighted by atomic mass is 9.84. The predicted octanol–water partition coefficient (Wildman–Crippen LogP) is 5.19. The number of rotatable bonds is 2. The average Bonchev–Trinajstić information content (AvgIpc) is 2.76. The van der Waals surface area contributed by atoms with Crippen LogP contribution in [-0.4, -0.2) is 5.11 Å². The van der Waals surface area contributed by atoms with E-state index in [4.69, 9.17) is 0 Å². The Kier molecular flexibility index (Phi) is 3.26. The summed E-state index contributed by atoms with van der Waals surface area (Å²) in [5.74, 6) is 0. The van der Waals surface area contributed by atoms with Crippen molar-refractivity contribution < 1.29 is 5.11 Å². The Morgan fingerprint density at radius 2 is 1.71 bits per heavy atom. The van der Waals surface area contributed by atoms with Crippen molar-refractivity contribution in [3.8, 4) is 0 Å². The van der Waals surface area contributed by atoms with Gasteiger partial charge in [0.25, 0.3) is 0 Å². The maximum absolute atomic E-state index is 10.7. The number of hydrogen-bond donors (Lipinski definition) is 1.